The SMILES string of the molecule is O=C(COc1ccc(-c2ccccc2)cc1)Nc1ccc(NC(=O)c2ccccc2)cc1. The minimum atomic E-state index is -0.266. The number of carbonyl (C=O) groups is 2. The molecule has 0 heterocycles. The molecule has 0 atom stereocenters. The van der Waals surface area contributed by atoms with Crippen molar-refractivity contribution in [3.8, 4) is 16.9 Å². The molecule has 4 aromatic carbocycles. The second kappa shape index (κ2) is 10.1. The molecule has 0 radical (unpaired) electrons. The average molecular weight is 422 g/mol. The van der Waals surface area contributed by atoms with E-state index < -0.39 is 0 Å². The van der Waals surface area contributed by atoms with Crippen LogP contribution in [-0.4, -0.2) is 18.4 Å². The lowest BCUT2D eigenvalue weighted by Crippen LogP contribution is -2.20. The van der Waals surface area contributed by atoms with Gasteiger partial charge in [0.05, 0.1) is 0 Å². The molecule has 0 aliphatic carbocycles. The summed E-state index contributed by atoms with van der Waals surface area (Å²) in [6.45, 7) is -0.100. The molecule has 0 spiro atoms. The molecule has 32 heavy (non-hydrogen) atoms. The van der Waals surface area contributed by atoms with Crippen LogP contribution in [0.2, 0.25) is 0 Å². The maximum absolute atomic E-state index is 12.2. The van der Waals surface area contributed by atoms with E-state index in [0.29, 0.717) is 22.7 Å². The molecule has 0 unspecified atom stereocenters. The molecule has 2 N–H and O–H groups in total. The second-order valence-corrected chi connectivity index (χ2v) is 7.12. The fraction of sp³-hybridized carbons (Fsp3) is 0.0370. The highest BCUT2D eigenvalue weighted by Gasteiger charge is 2.07. The van der Waals surface area contributed by atoms with Gasteiger partial charge in [-0.25, -0.2) is 0 Å². The summed E-state index contributed by atoms with van der Waals surface area (Å²) in [5.41, 5.74) is 4.06. The molecule has 2 amide bonds. The summed E-state index contributed by atoms with van der Waals surface area (Å²) in [6.07, 6.45) is 0. The number of hydrogen-bond acceptors (Lipinski definition) is 3. The third-order valence-corrected chi connectivity index (χ3v) is 4.79. The van der Waals surface area contributed by atoms with Crippen LogP contribution < -0.4 is 15.4 Å². The molecule has 0 saturated heterocycles. The number of benzene rings is 4. The van der Waals surface area contributed by atoms with Crippen LogP contribution in [-0.2, 0) is 4.79 Å². The normalized spacial score (nSPS) is 10.2. The average Bonchev–Trinajstić information content (AvgIpc) is 2.85. The van der Waals surface area contributed by atoms with Gasteiger partial charge in [0.25, 0.3) is 11.8 Å². The smallest absolute Gasteiger partial charge is 0.262 e. The Kier molecular flexibility index (Phi) is 6.58. The van der Waals surface area contributed by atoms with Crippen molar-refractivity contribution in [2.24, 2.45) is 0 Å². The minimum absolute atomic E-state index is 0.100. The number of ether oxygens (including phenoxy) is 1. The number of nitrogens with one attached hydrogen (secondary N) is 2. The van der Waals surface area contributed by atoms with Crippen LogP contribution in [0.1, 0.15) is 10.4 Å². The van der Waals surface area contributed by atoms with Crippen molar-refractivity contribution in [1.82, 2.24) is 0 Å². The number of anilines is 2. The molecule has 0 aliphatic rings. The maximum atomic E-state index is 12.2. The van der Waals surface area contributed by atoms with Gasteiger partial charge in [0.15, 0.2) is 6.61 Å². The van der Waals surface area contributed by atoms with Gasteiger partial charge in [-0.1, -0.05) is 60.7 Å². The molecule has 0 fully saturated rings. The summed E-state index contributed by atoms with van der Waals surface area (Å²) in [5, 5.41) is 5.61. The van der Waals surface area contributed by atoms with Crippen LogP contribution in [0.4, 0.5) is 11.4 Å². The van der Waals surface area contributed by atoms with Gasteiger partial charge in [-0.15, -0.1) is 0 Å². The van der Waals surface area contributed by atoms with E-state index in [2.05, 4.69) is 10.6 Å². The standard InChI is InChI=1S/C27H22N2O3/c30-26(19-32-25-17-11-21(12-18-25)20-7-3-1-4-8-20)28-23-13-15-24(16-14-23)29-27(31)22-9-5-2-6-10-22/h1-18H,19H2,(H,28,30)(H,29,31). The van der Waals surface area contributed by atoms with Crippen LogP contribution in [0.3, 0.4) is 0 Å². The van der Waals surface area contributed by atoms with Gasteiger partial charge in [-0.3, -0.25) is 9.59 Å². The Balaban J connectivity index is 1.26. The summed E-state index contributed by atoms with van der Waals surface area (Å²) in [7, 11) is 0. The van der Waals surface area contributed by atoms with Crippen molar-refractivity contribution in [3.05, 3.63) is 115 Å². The van der Waals surface area contributed by atoms with Crippen LogP contribution in [0.25, 0.3) is 11.1 Å². The third-order valence-electron chi connectivity index (χ3n) is 4.79. The zero-order chi connectivity index (χ0) is 22.2. The van der Waals surface area contributed by atoms with Crippen LogP contribution in [0.15, 0.2) is 109 Å². The second-order valence-electron chi connectivity index (χ2n) is 7.12. The van der Waals surface area contributed by atoms with Gasteiger partial charge in [0.2, 0.25) is 0 Å². The van der Waals surface area contributed by atoms with E-state index >= 15 is 0 Å². The highest BCUT2D eigenvalue weighted by atomic mass is 16.5. The zero-order valence-electron chi connectivity index (χ0n) is 17.3. The highest BCUT2D eigenvalue weighted by molar-refractivity contribution is 6.04. The predicted molar refractivity (Wildman–Crippen MR) is 127 cm³/mol. The van der Waals surface area contributed by atoms with E-state index in [9.17, 15) is 9.59 Å². The van der Waals surface area contributed by atoms with Gasteiger partial charge in [0, 0.05) is 16.9 Å². The number of hydrogen-bond donors (Lipinski definition) is 2. The van der Waals surface area contributed by atoms with Crippen molar-refractivity contribution in [2.75, 3.05) is 17.2 Å². The summed E-state index contributed by atoms with van der Waals surface area (Å²) < 4.78 is 5.59. The fourth-order valence-corrected chi connectivity index (χ4v) is 3.15. The Morgan fingerprint density at radius 2 is 1.12 bits per heavy atom. The number of rotatable bonds is 7. The lowest BCUT2D eigenvalue weighted by atomic mass is 10.1. The molecule has 0 saturated carbocycles. The summed E-state index contributed by atoms with van der Waals surface area (Å²) in [5.74, 6) is 0.172. The van der Waals surface area contributed by atoms with E-state index in [4.69, 9.17) is 4.74 Å². The zero-order valence-corrected chi connectivity index (χ0v) is 17.3. The molecule has 5 heteroatoms. The van der Waals surface area contributed by atoms with E-state index in [1.807, 2.05) is 72.8 Å². The van der Waals surface area contributed by atoms with Gasteiger partial charge in [0.1, 0.15) is 5.75 Å². The summed E-state index contributed by atoms with van der Waals surface area (Å²) in [4.78, 5) is 24.4. The van der Waals surface area contributed by atoms with Crippen molar-refractivity contribution in [3.63, 3.8) is 0 Å². The molecular formula is C27H22N2O3. The first kappa shape index (κ1) is 20.9. The largest absolute Gasteiger partial charge is 0.484 e. The third kappa shape index (κ3) is 5.61. The Morgan fingerprint density at radius 1 is 0.594 bits per heavy atom. The quantitative estimate of drug-likeness (QED) is 0.406. The Morgan fingerprint density at radius 3 is 1.75 bits per heavy atom. The molecular weight excluding hydrogens is 400 g/mol. The molecule has 0 aromatic heterocycles. The Hall–Kier alpha value is -4.38. The van der Waals surface area contributed by atoms with Crippen LogP contribution in [0.5, 0.6) is 5.75 Å². The lowest BCUT2D eigenvalue weighted by Gasteiger charge is -2.10. The fourth-order valence-electron chi connectivity index (χ4n) is 3.15. The molecule has 0 aliphatic heterocycles. The molecule has 5 nitrogen and oxygen atoms in total. The highest BCUT2D eigenvalue weighted by Crippen LogP contribution is 2.22. The van der Waals surface area contributed by atoms with Crippen molar-refractivity contribution in [1.29, 1.82) is 0 Å². The van der Waals surface area contributed by atoms with E-state index in [1.54, 1.807) is 36.4 Å². The number of amides is 2. The number of carbonyl (C=O) groups excluding carboxylic acids is 2. The van der Waals surface area contributed by atoms with Gasteiger partial charge < -0.3 is 15.4 Å². The van der Waals surface area contributed by atoms with E-state index in [1.165, 1.54) is 0 Å². The molecule has 0 bridgehead atoms. The van der Waals surface area contributed by atoms with Crippen molar-refractivity contribution in [2.45, 2.75) is 0 Å². The Labute approximate surface area is 186 Å². The molecule has 4 rings (SSSR count). The first-order valence-electron chi connectivity index (χ1n) is 10.2. The monoisotopic (exact) mass is 422 g/mol. The molecule has 158 valence electrons. The molecule has 4 aromatic rings. The topological polar surface area (TPSA) is 67.4 Å². The predicted octanol–water partition coefficient (Wildman–Crippen LogP) is 5.62. The van der Waals surface area contributed by atoms with Crippen molar-refractivity contribution < 1.29 is 14.3 Å². The van der Waals surface area contributed by atoms with Gasteiger partial charge >= 0.3 is 0 Å². The van der Waals surface area contributed by atoms with Crippen LogP contribution in [0, 0.1) is 0 Å². The van der Waals surface area contributed by atoms with Crippen LogP contribution >= 0.6 is 0 Å². The summed E-state index contributed by atoms with van der Waals surface area (Å²) in [6, 6.07) is 33.6. The maximum Gasteiger partial charge on any atom is 0.262 e. The van der Waals surface area contributed by atoms with Crippen molar-refractivity contribution >= 4 is 23.2 Å². The Bertz CT molecular complexity index is 1170. The van der Waals surface area contributed by atoms with Gasteiger partial charge in [-0.05, 0) is 59.7 Å². The van der Waals surface area contributed by atoms with E-state index in [-0.39, 0.29) is 18.4 Å². The summed E-state index contributed by atoms with van der Waals surface area (Å²) >= 11 is 0. The lowest BCUT2D eigenvalue weighted by molar-refractivity contribution is -0.118. The minimum Gasteiger partial charge on any atom is -0.484 e. The van der Waals surface area contributed by atoms with Gasteiger partial charge in [-0.2, -0.15) is 0 Å². The first-order valence-corrected chi connectivity index (χ1v) is 10.2. The van der Waals surface area contributed by atoms with E-state index in [0.717, 1.165) is 11.1 Å². The first-order chi connectivity index (χ1) is 15.7.